The molecular weight excluding hydrogens is 234 g/mol. The van der Waals surface area contributed by atoms with Crippen molar-refractivity contribution in [2.24, 2.45) is 0 Å². The van der Waals surface area contributed by atoms with Gasteiger partial charge >= 0.3 is 0 Å². The highest BCUT2D eigenvalue weighted by Gasteiger charge is 2.27. The molecule has 0 bridgehead atoms. The van der Waals surface area contributed by atoms with E-state index in [2.05, 4.69) is 5.32 Å². The molecule has 0 aromatic heterocycles. The van der Waals surface area contributed by atoms with Gasteiger partial charge < -0.3 is 10.1 Å². The van der Waals surface area contributed by atoms with Crippen LogP contribution in [0.4, 0.5) is 0 Å². The molecule has 0 radical (unpaired) electrons. The maximum Gasteiger partial charge on any atom is 0.184 e. The van der Waals surface area contributed by atoms with Crippen molar-refractivity contribution >= 4 is 17.5 Å². The van der Waals surface area contributed by atoms with Crippen molar-refractivity contribution in [2.75, 3.05) is 24.7 Å². The monoisotopic (exact) mass is 249 g/mol. The Morgan fingerprint density at radius 2 is 2.41 bits per heavy atom. The summed E-state index contributed by atoms with van der Waals surface area (Å²) in [5.41, 5.74) is 1.92. The second kappa shape index (κ2) is 4.70. The van der Waals surface area contributed by atoms with Gasteiger partial charge in [-0.05, 0) is 11.6 Å². The van der Waals surface area contributed by atoms with Crippen molar-refractivity contribution in [3.05, 3.63) is 29.3 Å². The molecule has 0 aliphatic carbocycles. The molecule has 3 rings (SSSR count). The minimum atomic E-state index is -0.0514. The molecule has 17 heavy (non-hydrogen) atoms. The number of benzene rings is 1. The zero-order valence-electron chi connectivity index (χ0n) is 9.57. The van der Waals surface area contributed by atoms with Crippen LogP contribution in [-0.2, 0) is 6.42 Å². The number of fused-ring (bicyclic) bond motifs is 1. The first-order valence-electron chi connectivity index (χ1n) is 5.96. The molecule has 0 amide bonds. The number of carbonyl (C=O) groups excluding carboxylic acids is 1. The highest BCUT2D eigenvalue weighted by Crippen LogP contribution is 2.30. The third-order valence-corrected chi connectivity index (χ3v) is 4.28. The second-order valence-electron chi connectivity index (χ2n) is 4.34. The zero-order valence-corrected chi connectivity index (χ0v) is 10.4. The normalized spacial score (nSPS) is 22.9. The lowest BCUT2D eigenvalue weighted by Crippen LogP contribution is -2.43. The van der Waals surface area contributed by atoms with Crippen LogP contribution in [0.25, 0.3) is 0 Å². The first-order valence-corrected chi connectivity index (χ1v) is 7.12. The third-order valence-electron chi connectivity index (χ3n) is 3.22. The van der Waals surface area contributed by atoms with E-state index in [0.29, 0.717) is 6.61 Å². The number of rotatable bonds is 2. The van der Waals surface area contributed by atoms with Gasteiger partial charge in [0.1, 0.15) is 5.75 Å². The summed E-state index contributed by atoms with van der Waals surface area (Å²) in [6.45, 7) is 1.61. The number of Topliss-reactive ketones (excluding diaryl/α,β-unsaturated/α-hetero) is 1. The second-order valence-corrected chi connectivity index (χ2v) is 5.49. The van der Waals surface area contributed by atoms with Gasteiger partial charge in [0, 0.05) is 24.5 Å². The molecule has 1 fully saturated rings. The maximum absolute atomic E-state index is 12.4. The van der Waals surface area contributed by atoms with Crippen molar-refractivity contribution in [3.63, 3.8) is 0 Å². The summed E-state index contributed by atoms with van der Waals surface area (Å²) in [5, 5.41) is 3.28. The summed E-state index contributed by atoms with van der Waals surface area (Å²) in [4.78, 5) is 12.4. The van der Waals surface area contributed by atoms with E-state index < -0.39 is 0 Å². The molecule has 1 atom stereocenters. The first-order chi connectivity index (χ1) is 8.36. The van der Waals surface area contributed by atoms with Gasteiger partial charge in [0.15, 0.2) is 5.78 Å². The molecule has 90 valence electrons. The molecule has 2 aliphatic heterocycles. The SMILES string of the molecule is O=C(c1cccc2c1OCC2)C1CSCCN1. The van der Waals surface area contributed by atoms with Gasteiger partial charge in [-0.3, -0.25) is 4.79 Å². The van der Waals surface area contributed by atoms with Crippen LogP contribution in [0.5, 0.6) is 5.75 Å². The summed E-state index contributed by atoms with van der Waals surface area (Å²) in [5.74, 6) is 2.95. The molecule has 2 heterocycles. The Hall–Kier alpha value is -1.00. The van der Waals surface area contributed by atoms with Gasteiger partial charge in [-0.2, -0.15) is 11.8 Å². The Morgan fingerprint density at radius 1 is 1.47 bits per heavy atom. The number of hydrogen-bond donors (Lipinski definition) is 1. The molecule has 0 saturated carbocycles. The highest BCUT2D eigenvalue weighted by molar-refractivity contribution is 7.99. The fourth-order valence-electron chi connectivity index (χ4n) is 2.33. The van der Waals surface area contributed by atoms with E-state index in [4.69, 9.17) is 4.74 Å². The van der Waals surface area contributed by atoms with E-state index in [1.54, 1.807) is 0 Å². The number of ketones is 1. The van der Waals surface area contributed by atoms with E-state index in [9.17, 15) is 4.79 Å². The van der Waals surface area contributed by atoms with E-state index in [-0.39, 0.29) is 11.8 Å². The van der Waals surface area contributed by atoms with Crippen molar-refractivity contribution < 1.29 is 9.53 Å². The fourth-order valence-corrected chi connectivity index (χ4v) is 3.26. The molecule has 4 heteroatoms. The van der Waals surface area contributed by atoms with Gasteiger partial charge in [0.05, 0.1) is 18.2 Å². The van der Waals surface area contributed by atoms with Gasteiger partial charge in [-0.15, -0.1) is 0 Å². The smallest absolute Gasteiger partial charge is 0.184 e. The van der Waals surface area contributed by atoms with Gasteiger partial charge in [-0.1, -0.05) is 12.1 Å². The minimum absolute atomic E-state index is 0.0514. The predicted octanol–water partition coefficient (Wildman–Crippen LogP) is 1.51. The summed E-state index contributed by atoms with van der Waals surface area (Å²) in [6, 6.07) is 5.83. The van der Waals surface area contributed by atoms with E-state index in [0.717, 1.165) is 35.8 Å². The van der Waals surface area contributed by atoms with Gasteiger partial charge in [0.25, 0.3) is 0 Å². The minimum Gasteiger partial charge on any atom is -0.492 e. The van der Waals surface area contributed by atoms with Crippen LogP contribution in [0.2, 0.25) is 0 Å². The number of hydrogen-bond acceptors (Lipinski definition) is 4. The molecule has 1 aromatic rings. The van der Waals surface area contributed by atoms with Crippen LogP contribution in [0.3, 0.4) is 0 Å². The topological polar surface area (TPSA) is 38.3 Å². The largest absolute Gasteiger partial charge is 0.492 e. The Kier molecular flexibility index (Phi) is 3.07. The van der Waals surface area contributed by atoms with Crippen LogP contribution in [0.1, 0.15) is 15.9 Å². The lowest BCUT2D eigenvalue weighted by molar-refractivity contribution is 0.0950. The molecule has 1 aromatic carbocycles. The number of para-hydroxylation sites is 1. The Bertz CT molecular complexity index is 441. The molecule has 0 spiro atoms. The van der Waals surface area contributed by atoms with Crippen LogP contribution in [0, 0.1) is 0 Å². The summed E-state index contributed by atoms with van der Waals surface area (Å²) < 4.78 is 5.59. The number of ether oxygens (including phenoxy) is 1. The van der Waals surface area contributed by atoms with Crippen LogP contribution in [0.15, 0.2) is 18.2 Å². The van der Waals surface area contributed by atoms with Crippen LogP contribution < -0.4 is 10.1 Å². The van der Waals surface area contributed by atoms with Crippen molar-refractivity contribution in [3.8, 4) is 5.75 Å². The van der Waals surface area contributed by atoms with Crippen molar-refractivity contribution in [1.82, 2.24) is 5.32 Å². The first kappa shape index (κ1) is 11.1. The summed E-state index contributed by atoms with van der Waals surface area (Å²) in [7, 11) is 0. The quantitative estimate of drug-likeness (QED) is 0.806. The van der Waals surface area contributed by atoms with Crippen LogP contribution >= 0.6 is 11.8 Å². The average Bonchev–Trinajstić information content (AvgIpc) is 2.87. The summed E-state index contributed by atoms with van der Waals surface area (Å²) in [6.07, 6.45) is 0.920. The lowest BCUT2D eigenvalue weighted by atomic mass is 10.0. The predicted molar refractivity (Wildman–Crippen MR) is 69.1 cm³/mol. The highest BCUT2D eigenvalue weighted by atomic mass is 32.2. The Balaban J connectivity index is 1.88. The number of nitrogens with one attached hydrogen (secondary N) is 1. The Labute approximate surface area is 105 Å². The van der Waals surface area contributed by atoms with Gasteiger partial charge in [-0.25, -0.2) is 0 Å². The van der Waals surface area contributed by atoms with E-state index in [1.807, 2.05) is 30.0 Å². The third kappa shape index (κ3) is 2.07. The zero-order chi connectivity index (χ0) is 11.7. The van der Waals surface area contributed by atoms with E-state index in [1.165, 1.54) is 5.56 Å². The van der Waals surface area contributed by atoms with Crippen molar-refractivity contribution in [1.29, 1.82) is 0 Å². The number of thioether (sulfide) groups is 1. The molecule has 2 aliphatic rings. The molecule has 3 nitrogen and oxygen atoms in total. The Morgan fingerprint density at radius 3 is 3.24 bits per heavy atom. The lowest BCUT2D eigenvalue weighted by Gasteiger charge is -2.22. The molecular formula is C13H15NO2S. The number of carbonyl (C=O) groups is 1. The van der Waals surface area contributed by atoms with Crippen molar-refractivity contribution in [2.45, 2.75) is 12.5 Å². The van der Waals surface area contributed by atoms with Gasteiger partial charge in [0.2, 0.25) is 0 Å². The summed E-state index contributed by atoms with van der Waals surface area (Å²) >= 11 is 1.84. The fraction of sp³-hybridized carbons (Fsp3) is 0.462. The van der Waals surface area contributed by atoms with Crippen LogP contribution in [-0.4, -0.2) is 36.5 Å². The standard InChI is InChI=1S/C13H15NO2S/c15-12(11-8-17-7-5-14-11)10-3-1-2-9-4-6-16-13(9)10/h1-3,11,14H,4-8H2. The average molecular weight is 249 g/mol. The molecule has 1 unspecified atom stereocenters. The molecule has 1 saturated heterocycles. The van der Waals surface area contributed by atoms with E-state index >= 15 is 0 Å². The molecule has 1 N–H and O–H groups in total. The maximum atomic E-state index is 12.4.